The highest BCUT2D eigenvalue weighted by Gasteiger charge is 2.62. The summed E-state index contributed by atoms with van der Waals surface area (Å²) < 4.78 is 4.47. The molecule has 0 aromatic heterocycles. The lowest BCUT2D eigenvalue weighted by Gasteiger charge is -2.13. The monoisotopic (exact) mass is 171 g/mol. The lowest BCUT2D eigenvalue weighted by Crippen LogP contribution is -2.25. The molecule has 4 heteroatoms. The number of hydrogen-bond donors (Lipinski definition) is 0. The third-order valence-electron chi connectivity index (χ3n) is 2.24. The molecule has 0 amide bonds. The first-order chi connectivity index (χ1) is 5.29. The van der Waals surface area contributed by atoms with Crippen LogP contribution in [0.1, 0.15) is 6.42 Å². The van der Waals surface area contributed by atoms with Crippen LogP contribution in [0.4, 0.5) is 0 Å². The summed E-state index contributed by atoms with van der Waals surface area (Å²) >= 11 is 1.51. The molecule has 1 heterocycles. The second-order valence-electron chi connectivity index (χ2n) is 2.87. The fraction of sp³-hybridized carbons (Fsp3) is 0.714. The number of esters is 1. The summed E-state index contributed by atoms with van der Waals surface area (Å²) in [6, 6.07) is 0. The number of thioether (sulfide) groups is 1. The maximum absolute atomic E-state index is 11.2. The van der Waals surface area contributed by atoms with E-state index in [0.717, 1.165) is 13.0 Å². The van der Waals surface area contributed by atoms with Crippen LogP contribution in [-0.4, -0.2) is 29.9 Å². The molecule has 2 atom stereocenters. The third kappa shape index (κ3) is 0.888. The minimum Gasteiger partial charge on any atom is -0.468 e. The topological polar surface area (TPSA) is 38.7 Å². The average molecular weight is 171 g/mol. The highest BCUT2D eigenvalue weighted by atomic mass is 32.2. The first kappa shape index (κ1) is 7.16. The molecule has 1 saturated carbocycles. The highest BCUT2D eigenvalue weighted by molar-refractivity contribution is 8.14. The second-order valence-corrected chi connectivity index (χ2v) is 4.05. The van der Waals surface area contributed by atoms with E-state index in [1.54, 1.807) is 5.55 Å². The highest BCUT2D eigenvalue weighted by Crippen LogP contribution is 2.56. The molecule has 1 aliphatic carbocycles. The minimum absolute atomic E-state index is 0.0846. The number of methoxy groups -OCH3 is 1. The molecule has 0 N–H and O–H groups in total. The van der Waals surface area contributed by atoms with Gasteiger partial charge in [-0.15, -0.1) is 0 Å². The van der Waals surface area contributed by atoms with E-state index in [1.165, 1.54) is 18.9 Å². The molecule has 60 valence electrons. The SMILES string of the molecule is COC(=O)C12CC1CN=CS2. The summed E-state index contributed by atoms with van der Waals surface area (Å²) in [5.74, 6) is 0.351. The quantitative estimate of drug-likeness (QED) is 0.545. The van der Waals surface area contributed by atoms with Gasteiger partial charge in [0.05, 0.1) is 12.7 Å². The molecule has 0 aromatic carbocycles. The summed E-state index contributed by atoms with van der Waals surface area (Å²) in [5, 5.41) is 0. The first-order valence-electron chi connectivity index (χ1n) is 3.54. The molecule has 1 fully saturated rings. The molecule has 2 unspecified atom stereocenters. The Labute approximate surface area is 69.2 Å². The maximum atomic E-state index is 11.2. The van der Waals surface area contributed by atoms with Crippen LogP contribution < -0.4 is 0 Å². The predicted molar refractivity (Wildman–Crippen MR) is 43.8 cm³/mol. The van der Waals surface area contributed by atoms with Gasteiger partial charge in [0.25, 0.3) is 0 Å². The number of rotatable bonds is 1. The van der Waals surface area contributed by atoms with Crippen molar-refractivity contribution in [3.05, 3.63) is 0 Å². The normalized spacial score (nSPS) is 39.5. The Hall–Kier alpha value is -0.510. The smallest absolute Gasteiger partial charge is 0.322 e. The summed E-state index contributed by atoms with van der Waals surface area (Å²) in [4.78, 5) is 15.3. The Morgan fingerprint density at radius 3 is 3.36 bits per heavy atom. The molecule has 0 aromatic rings. The second kappa shape index (κ2) is 2.24. The standard InChI is InChI=1S/C7H9NO2S/c1-10-6(9)7-2-5(7)3-8-4-11-7/h4-5H,2-3H2,1H3. The van der Waals surface area contributed by atoms with E-state index >= 15 is 0 Å². The number of fused-ring (bicyclic) bond motifs is 1. The van der Waals surface area contributed by atoms with Crippen LogP contribution in [0.3, 0.4) is 0 Å². The van der Waals surface area contributed by atoms with Crippen molar-refractivity contribution in [1.29, 1.82) is 0 Å². The fourth-order valence-corrected chi connectivity index (χ4v) is 2.53. The van der Waals surface area contributed by atoms with Gasteiger partial charge < -0.3 is 4.74 Å². The zero-order valence-corrected chi connectivity index (χ0v) is 7.06. The zero-order chi connectivity index (χ0) is 7.90. The number of carbonyl (C=O) groups excluding carboxylic acids is 1. The number of aliphatic imine (C=N–C) groups is 1. The lowest BCUT2D eigenvalue weighted by atomic mass is 10.3. The summed E-state index contributed by atoms with van der Waals surface area (Å²) in [7, 11) is 1.44. The Balaban J connectivity index is 2.14. The van der Waals surface area contributed by atoms with Gasteiger partial charge >= 0.3 is 5.97 Å². The van der Waals surface area contributed by atoms with Gasteiger partial charge in [-0.3, -0.25) is 9.79 Å². The lowest BCUT2D eigenvalue weighted by molar-refractivity contribution is -0.141. The largest absolute Gasteiger partial charge is 0.468 e. The molecule has 0 bridgehead atoms. The van der Waals surface area contributed by atoms with Crippen molar-refractivity contribution in [1.82, 2.24) is 0 Å². The minimum atomic E-state index is -0.240. The Morgan fingerprint density at radius 2 is 2.73 bits per heavy atom. The van der Waals surface area contributed by atoms with Crippen molar-refractivity contribution in [2.24, 2.45) is 10.9 Å². The van der Waals surface area contributed by atoms with Gasteiger partial charge in [0.15, 0.2) is 0 Å². The van der Waals surface area contributed by atoms with Crippen molar-refractivity contribution in [2.75, 3.05) is 13.7 Å². The summed E-state index contributed by atoms with van der Waals surface area (Å²) in [5.41, 5.74) is 1.76. The van der Waals surface area contributed by atoms with E-state index in [-0.39, 0.29) is 10.7 Å². The number of hydrogen-bond acceptors (Lipinski definition) is 4. The van der Waals surface area contributed by atoms with Crippen LogP contribution >= 0.6 is 11.8 Å². The van der Waals surface area contributed by atoms with Gasteiger partial charge in [-0.05, 0) is 6.42 Å². The predicted octanol–water partition coefficient (Wildman–Crippen LogP) is 0.693. The van der Waals surface area contributed by atoms with E-state index in [4.69, 9.17) is 4.74 Å². The zero-order valence-electron chi connectivity index (χ0n) is 6.24. The van der Waals surface area contributed by atoms with Crippen molar-refractivity contribution in [2.45, 2.75) is 11.2 Å². The Bertz CT molecular complexity index is 228. The fourth-order valence-electron chi connectivity index (χ4n) is 1.44. The van der Waals surface area contributed by atoms with Gasteiger partial charge in [-0.2, -0.15) is 0 Å². The van der Waals surface area contributed by atoms with E-state index in [9.17, 15) is 4.79 Å². The van der Waals surface area contributed by atoms with Crippen LogP contribution in [0.2, 0.25) is 0 Å². The van der Waals surface area contributed by atoms with Crippen LogP contribution in [0, 0.1) is 5.92 Å². The molecule has 11 heavy (non-hydrogen) atoms. The molecule has 3 nitrogen and oxygen atoms in total. The molecule has 1 aliphatic heterocycles. The molecular weight excluding hydrogens is 162 g/mol. The van der Waals surface area contributed by atoms with Crippen LogP contribution in [0.25, 0.3) is 0 Å². The number of nitrogens with zero attached hydrogens (tertiary/aromatic N) is 1. The molecule has 0 radical (unpaired) electrons. The Morgan fingerprint density at radius 1 is 1.91 bits per heavy atom. The molecule has 2 rings (SSSR count). The van der Waals surface area contributed by atoms with E-state index in [2.05, 4.69) is 4.99 Å². The number of ether oxygens (including phenoxy) is 1. The van der Waals surface area contributed by atoms with Gasteiger partial charge in [-0.1, -0.05) is 11.8 Å². The molecule has 0 spiro atoms. The first-order valence-corrected chi connectivity index (χ1v) is 4.42. The maximum Gasteiger partial charge on any atom is 0.322 e. The van der Waals surface area contributed by atoms with Crippen LogP contribution in [0.5, 0.6) is 0 Å². The molecular formula is C7H9NO2S. The molecule has 0 saturated heterocycles. The van der Waals surface area contributed by atoms with Gasteiger partial charge in [0.2, 0.25) is 0 Å². The van der Waals surface area contributed by atoms with Crippen molar-refractivity contribution in [3.8, 4) is 0 Å². The van der Waals surface area contributed by atoms with Crippen LogP contribution in [-0.2, 0) is 9.53 Å². The summed E-state index contributed by atoms with van der Waals surface area (Å²) in [6.45, 7) is 0.794. The van der Waals surface area contributed by atoms with Crippen molar-refractivity contribution >= 4 is 23.3 Å². The van der Waals surface area contributed by atoms with E-state index in [1.807, 2.05) is 0 Å². The summed E-state index contributed by atoms with van der Waals surface area (Å²) in [6.07, 6.45) is 0.935. The van der Waals surface area contributed by atoms with E-state index < -0.39 is 0 Å². The molecule has 2 aliphatic rings. The van der Waals surface area contributed by atoms with Crippen LogP contribution in [0.15, 0.2) is 4.99 Å². The Kier molecular flexibility index (Phi) is 1.45. The van der Waals surface area contributed by atoms with Gasteiger partial charge in [0, 0.05) is 12.5 Å². The van der Waals surface area contributed by atoms with Gasteiger partial charge in [-0.25, -0.2) is 0 Å². The van der Waals surface area contributed by atoms with Crippen molar-refractivity contribution < 1.29 is 9.53 Å². The van der Waals surface area contributed by atoms with Crippen molar-refractivity contribution in [3.63, 3.8) is 0 Å². The average Bonchev–Trinajstić information content (AvgIpc) is 2.78. The third-order valence-corrected chi connectivity index (χ3v) is 3.58. The van der Waals surface area contributed by atoms with Gasteiger partial charge in [0.1, 0.15) is 4.75 Å². The van der Waals surface area contributed by atoms with E-state index in [0.29, 0.717) is 5.92 Å². The number of carbonyl (C=O) groups is 1.